The Morgan fingerprint density at radius 2 is 0.846 bits per heavy atom. The summed E-state index contributed by atoms with van der Waals surface area (Å²) in [7, 11) is 1.68. The Morgan fingerprint density at radius 3 is 1.23 bits per heavy atom. The summed E-state index contributed by atoms with van der Waals surface area (Å²) in [6.45, 7) is 0. The molecule has 0 aliphatic rings. The Morgan fingerprint density at radius 1 is 0.436 bits per heavy atom. The number of phenols is 1. The van der Waals surface area contributed by atoms with Gasteiger partial charge in [-0.2, -0.15) is 0 Å². The van der Waals surface area contributed by atoms with Crippen LogP contribution in [0.25, 0.3) is 22.5 Å². The van der Waals surface area contributed by atoms with Crippen LogP contribution >= 0.6 is 47.8 Å². The van der Waals surface area contributed by atoms with Crippen LogP contribution in [0.1, 0.15) is 33.8 Å². The van der Waals surface area contributed by atoms with E-state index < -0.39 is 7.12 Å². The van der Waals surface area contributed by atoms with Gasteiger partial charge >= 0.3 is 7.12 Å². The zero-order valence-corrected chi connectivity index (χ0v) is 46.9. The summed E-state index contributed by atoms with van der Waals surface area (Å²) >= 11 is 9.53. The van der Waals surface area contributed by atoms with Crippen molar-refractivity contribution in [2.75, 3.05) is 37.2 Å². The molecule has 0 atom stereocenters. The van der Waals surface area contributed by atoms with Gasteiger partial charge in [0, 0.05) is 42.0 Å². The molecule has 11 N–H and O–H groups in total. The number of ether oxygens (including phenoxy) is 2. The van der Waals surface area contributed by atoms with Gasteiger partial charge in [0.25, 0.3) is 0 Å². The summed E-state index contributed by atoms with van der Waals surface area (Å²) < 4.78 is 11.9. The van der Waals surface area contributed by atoms with Crippen molar-refractivity contribution in [3.05, 3.63) is 230 Å². The smallest absolute Gasteiger partial charge is 0.490 e. The van der Waals surface area contributed by atoms with Gasteiger partial charge in [-0.1, -0.05) is 97.1 Å². The van der Waals surface area contributed by atoms with Crippen molar-refractivity contribution < 1.29 is 24.6 Å². The molecule has 10 aromatic rings. The molecule has 0 amide bonds. The number of anilines is 4. The molecule has 0 saturated heterocycles. The molecule has 0 aliphatic carbocycles. The quantitative estimate of drug-likeness (QED) is 0.0594. The number of nitrogens with two attached hydrogens (primary N) is 4. The predicted molar refractivity (Wildman–Crippen MR) is 316 cm³/mol. The molecule has 0 saturated carbocycles. The summed E-state index contributed by atoms with van der Waals surface area (Å²) in [5, 5.41) is 26.7. The third-order valence-corrected chi connectivity index (χ3v) is 12.1. The largest absolute Gasteiger partial charge is 0.508 e. The van der Waals surface area contributed by atoms with Gasteiger partial charge in [-0.15, -0.1) is 0 Å². The van der Waals surface area contributed by atoms with Crippen LogP contribution in [-0.4, -0.2) is 81.3 Å². The minimum Gasteiger partial charge on any atom is -0.508 e. The topological polar surface area (TPSA) is 299 Å². The number of halogens is 3. The van der Waals surface area contributed by atoms with Gasteiger partial charge in [-0.05, 0) is 119 Å². The first-order valence-corrected chi connectivity index (χ1v) is 25.9. The highest BCUT2D eigenvalue weighted by molar-refractivity contribution is 9.11. The summed E-state index contributed by atoms with van der Waals surface area (Å²) in [4.78, 5) is 37.6. The Hall–Kier alpha value is -8.41. The lowest BCUT2D eigenvalue weighted by molar-refractivity contribution is 0.397. The summed E-state index contributed by atoms with van der Waals surface area (Å²) in [5.74, 6) is 3.31. The maximum atomic E-state index is 9.34. The number of methoxy groups -OCH3 is 2. The minimum absolute atomic E-state index is 0.228. The molecule has 5 heterocycles. The molecule has 0 unspecified atom stereocenters. The lowest BCUT2D eigenvalue weighted by Crippen LogP contribution is -2.29. The first-order valence-electron chi connectivity index (χ1n) is 23.5. The van der Waals surface area contributed by atoms with Crippen LogP contribution in [0.15, 0.2) is 196 Å². The normalized spacial score (nSPS) is 10.1. The van der Waals surface area contributed by atoms with Gasteiger partial charge < -0.3 is 47.6 Å². The molecule has 78 heavy (non-hydrogen) atoms. The molecule has 0 bridgehead atoms. The number of nitrogens with zero attached hydrogens (tertiary/aromatic N) is 9. The van der Waals surface area contributed by atoms with Crippen molar-refractivity contribution in [1.82, 2.24) is 44.9 Å². The van der Waals surface area contributed by atoms with Crippen molar-refractivity contribution in [3.63, 3.8) is 0 Å². The van der Waals surface area contributed by atoms with Crippen molar-refractivity contribution >= 4 is 83.6 Å². The van der Waals surface area contributed by atoms with Crippen molar-refractivity contribution in [1.29, 1.82) is 0 Å². The maximum Gasteiger partial charge on any atom is 0.490 e. The van der Waals surface area contributed by atoms with Crippen molar-refractivity contribution in [2.24, 2.45) is 0 Å². The van der Waals surface area contributed by atoms with E-state index in [-0.39, 0.29) is 5.75 Å². The Balaban J connectivity index is 0.000000164. The van der Waals surface area contributed by atoms with Crippen molar-refractivity contribution in [2.45, 2.75) is 19.3 Å². The van der Waals surface area contributed by atoms with Gasteiger partial charge in [0.2, 0.25) is 5.88 Å². The van der Waals surface area contributed by atoms with Gasteiger partial charge in [0.15, 0.2) is 5.82 Å². The van der Waals surface area contributed by atoms with Crippen LogP contribution in [0.5, 0.6) is 17.4 Å². The highest BCUT2D eigenvalue weighted by Crippen LogP contribution is 2.25. The van der Waals surface area contributed by atoms with Crippen molar-refractivity contribution in [3.8, 4) is 39.9 Å². The summed E-state index contributed by atoms with van der Waals surface area (Å²) in [5.41, 5.74) is 32.6. The van der Waals surface area contributed by atoms with Crippen LogP contribution in [-0.2, 0) is 19.3 Å². The zero-order chi connectivity index (χ0) is 55.8. The number of aromatic hydroxyl groups is 1. The van der Waals surface area contributed by atoms with Crippen LogP contribution in [0, 0.1) is 0 Å². The van der Waals surface area contributed by atoms with E-state index in [1.807, 2.05) is 115 Å². The average molecular weight is 1240 g/mol. The van der Waals surface area contributed by atoms with E-state index in [0.717, 1.165) is 56.5 Å². The molecule has 396 valence electrons. The third kappa shape index (κ3) is 19.0. The molecule has 5 aromatic carbocycles. The van der Waals surface area contributed by atoms with E-state index in [2.05, 4.69) is 105 Å². The molecule has 22 heteroatoms. The number of nitrogen functional groups attached to an aromatic ring is 4. The van der Waals surface area contributed by atoms with Gasteiger partial charge in [-0.3, -0.25) is 0 Å². The Labute approximate surface area is 476 Å². The van der Waals surface area contributed by atoms with E-state index in [1.165, 1.54) is 24.9 Å². The lowest BCUT2D eigenvalue weighted by atomic mass is 9.82. The molecule has 0 fully saturated rings. The summed E-state index contributed by atoms with van der Waals surface area (Å²) in [6, 6.07) is 47.9. The number of aromatic nitrogens is 9. The van der Waals surface area contributed by atoms with Gasteiger partial charge in [0.1, 0.15) is 42.8 Å². The zero-order valence-electron chi connectivity index (χ0n) is 42.1. The molecule has 5 aromatic heterocycles. The maximum absolute atomic E-state index is 9.34. The van der Waals surface area contributed by atoms with Crippen LogP contribution in [0.3, 0.4) is 0 Å². The SMILES string of the molecule is COc1ccc(-c2cnc(N)c(Cc3ccccc3)n2)cc1.COc1ccc(B(O)O)cn1.Nc1ncc(-c2ccc(O)cc2)nc1Cc1ccccc1.Nc1ncc(Br)nc1Br.Nc1ncc(Br)nc1Cc1ccccc1. The molecular formula is C56H53BBr3N13O5. The van der Waals surface area contributed by atoms with Crippen LogP contribution in [0.2, 0.25) is 0 Å². The van der Waals surface area contributed by atoms with E-state index in [4.69, 9.17) is 42.5 Å². The number of hydrogen-bond donors (Lipinski definition) is 7. The average Bonchev–Trinajstić information content (AvgIpc) is 3.46. The fourth-order valence-corrected chi connectivity index (χ4v) is 7.86. The van der Waals surface area contributed by atoms with E-state index in [0.29, 0.717) is 67.7 Å². The fourth-order valence-electron chi connectivity index (χ4n) is 6.74. The highest BCUT2D eigenvalue weighted by Gasteiger charge is 2.12. The Kier molecular flexibility index (Phi) is 22.9. The number of hydrogen-bond acceptors (Lipinski definition) is 18. The van der Waals surface area contributed by atoms with Crippen LogP contribution in [0.4, 0.5) is 23.3 Å². The minimum atomic E-state index is -1.46. The lowest BCUT2D eigenvalue weighted by Gasteiger charge is -2.08. The molecule has 0 aliphatic heterocycles. The highest BCUT2D eigenvalue weighted by atomic mass is 79.9. The number of phenolic OH excluding ortho intramolecular Hbond substituents is 1. The fraction of sp³-hybridized carbons (Fsp3) is 0.0893. The molecule has 0 radical (unpaired) electrons. The number of pyridine rings is 1. The summed E-state index contributed by atoms with van der Waals surface area (Å²) in [6.07, 6.45) is 9.86. The van der Waals surface area contributed by atoms with Gasteiger partial charge in [-0.25, -0.2) is 44.9 Å². The van der Waals surface area contributed by atoms with E-state index in [9.17, 15) is 5.11 Å². The number of benzene rings is 5. The van der Waals surface area contributed by atoms with E-state index in [1.54, 1.807) is 50.1 Å². The number of rotatable bonds is 11. The predicted octanol–water partition coefficient (Wildman–Crippen LogP) is 9.11. The first-order chi connectivity index (χ1) is 37.7. The second kappa shape index (κ2) is 30.4. The Bertz CT molecular complexity index is 3420. The molecule has 0 spiro atoms. The molecule has 10 rings (SSSR count). The van der Waals surface area contributed by atoms with Gasteiger partial charge in [0.05, 0.1) is 67.5 Å². The molecule has 18 nitrogen and oxygen atoms in total. The first kappa shape index (κ1) is 58.8. The molecular weight excluding hydrogens is 1190 g/mol. The standard InChI is InChI=1S/C18H17N3O.C17H15N3O.C11H10BrN3.C6H8BNO3.C4H3Br2N3/c1-22-15-9-7-14(8-10-15)17-12-20-18(19)16(21-17)11-13-5-3-2-4-6-13;18-17-15(10-12-4-2-1-3-5-12)20-16(11-19-17)13-6-8-14(21)9-7-13;12-10-7-14-11(13)9(15-10)6-8-4-2-1-3-5-8;1-11-6-3-2-5(4-8-6)7(9)10;5-2-1-8-4(7)3(6)9-2/h2-10,12H,11H2,1H3,(H2,19,20);1-9,11,21H,10H2,(H2,18,19);1-5,7H,6H2,(H2,13,14);2-4,9-10H,1H3;1H,(H2,7,8). The monoisotopic (exact) mass is 1240 g/mol. The second-order valence-corrected chi connectivity index (χ2v) is 18.7. The van der Waals surface area contributed by atoms with Crippen LogP contribution < -0.4 is 37.9 Å². The van der Waals surface area contributed by atoms with E-state index >= 15 is 0 Å². The second-order valence-electron chi connectivity index (χ2n) is 16.3. The third-order valence-electron chi connectivity index (χ3n) is 10.8.